The van der Waals surface area contributed by atoms with Crippen molar-refractivity contribution in [2.75, 3.05) is 19.7 Å². The summed E-state index contributed by atoms with van der Waals surface area (Å²) in [6.07, 6.45) is -2.06. The van der Waals surface area contributed by atoms with Gasteiger partial charge in [-0.05, 0) is 65.2 Å². The Labute approximate surface area is 181 Å². The number of amides is 2. The van der Waals surface area contributed by atoms with Crippen LogP contribution in [0, 0.1) is 17.8 Å². The van der Waals surface area contributed by atoms with Gasteiger partial charge in [0.1, 0.15) is 18.3 Å². The lowest BCUT2D eigenvalue weighted by molar-refractivity contribution is -0.189. The highest BCUT2D eigenvalue weighted by Crippen LogP contribution is 2.49. The van der Waals surface area contributed by atoms with Crippen LogP contribution in [0.2, 0.25) is 0 Å². The molecule has 1 spiro atoms. The van der Waals surface area contributed by atoms with E-state index in [1.165, 1.54) is 0 Å². The summed E-state index contributed by atoms with van der Waals surface area (Å²) in [5, 5.41) is 3.40. The summed E-state index contributed by atoms with van der Waals surface area (Å²) < 4.78 is 44.9. The second kappa shape index (κ2) is 8.21. The van der Waals surface area contributed by atoms with Gasteiger partial charge in [0.05, 0.1) is 12.5 Å². The van der Waals surface area contributed by atoms with Crippen molar-refractivity contribution in [3.05, 3.63) is 0 Å². The Hall–Kier alpha value is -1.35. The minimum atomic E-state index is -4.15. The number of hydrogen-bond acceptors (Lipinski definition) is 4. The van der Waals surface area contributed by atoms with Gasteiger partial charge in [0, 0.05) is 24.5 Å². The number of hydrogen-bond donors (Lipinski definition) is 1. The Morgan fingerprint density at radius 3 is 2.32 bits per heavy atom. The lowest BCUT2D eigenvalue weighted by Crippen LogP contribution is -2.75. The molecule has 2 heterocycles. The molecule has 0 aromatic carbocycles. The SMILES string of the molecule is CC1COC(C2CC3(C2)C(=O)N(C(C)C)CC(=O)N3CC2CCC(C(F)(F)F)CC2)N1. The van der Waals surface area contributed by atoms with Crippen LogP contribution in [0.4, 0.5) is 13.2 Å². The quantitative estimate of drug-likeness (QED) is 0.723. The zero-order chi connectivity index (χ0) is 22.6. The summed E-state index contributed by atoms with van der Waals surface area (Å²) in [6, 6.07) is 0.190. The van der Waals surface area contributed by atoms with Crippen molar-refractivity contribution in [1.29, 1.82) is 0 Å². The fraction of sp³-hybridized carbons (Fsp3) is 0.909. The predicted octanol–water partition coefficient (Wildman–Crippen LogP) is 2.92. The summed E-state index contributed by atoms with van der Waals surface area (Å²) in [4.78, 5) is 30.0. The van der Waals surface area contributed by atoms with Crippen LogP contribution in [0.3, 0.4) is 0 Å². The molecule has 2 atom stereocenters. The van der Waals surface area contributed by atoms with Crippen LogP contribution in [-0.4, -0.2) is 71.3 Å². The molecular weight excluding hydrogens is 411 g/mol. The molecule has 4 aliphatic rings. The predicted molar refractivity (Wildman–Crippen MR) is 108 cm³/mol. The average molecular weight is 446 g/mol. The van der Waals surface area contributed by atoms with E-state index in [4.69, 9.17) is 4.74 Å². The van der Waals surface area contributed by atoms with Gasteiger partial charge in [0.25, 0.3) is 0 Å². The molecule has 2 amide bonds. The smallest absolute Gasteiger partial charge is 0.361 e. The van der Waals surface area contributed by atoms with E-state index >= 15 is 0 Å². The summed E-state index contributed by atoms with van der Waals surface area (Å²) in [7, 11) is 0. The highest BCUT2D eigenvalue weighted by atomic mass is 19.4. The maximum Gasteiger partial charge on any atom is 0.391 e. The Bertz CT molecular complexity index is 700. The van der Waals surface area contributed by atoms with Gasteiger partial charge in [-0.25, -0.2) is 0 Å². The van der Waals surface area contributed by atoms with E-state index < -0.39 is 17.6 Å². The van der Waals surface area contributed by atoms with Crippen LogP contribution in [0.5, 0.6) is 0 Å². The minimum absolute atomic E-state index is 0.0118. The number of piperazine rings is 1. The van der Waals surface area contributed by atoms with Gasteiger partial charge < -0.3 is 14.5 Å². The Morgan fingerprint density at radius 1 is 1.16 bits per heavy atom. The highest BCUT2D eigenvalue weighted by molar-refractivity contribution is 5.99. The maximum absolute atomic E-state index is 13.5. The van der Waals surface area contributed by atoms with Crippen LogP contribution in [0.15, 0.2) is 0 Å². The number of carbonyl (C=O) groups is 2. The van der Waals surface area contributed by atoms with Crippen molar-refractivity contribution >= 4 is 11.8 Å². The molecule has 2 aliphatic heterocycles. The number of ether oxygens (including phenoxy) is 1. The van der Waals surface area contributed by atoms with Gasteiger partial charge >= 0.3 is 6.18 Å². The van der Waals surface area contributed by atoms with Crippen molar-refractivity contribution < 1.29 is 27.5 Å². The van der Waals surface area contributed by atoms with E-state index in [1.807, 2.05) is 20.8 Å². The molecule has 4 fully saturated rings. The standard InChI is InChI=1S/C22H34F3N3O3/c1-13(2)27-11-18(29)28(10-15-4-6-17(7-5-15)22(23,24)25)21(20(27)30)8-16(9-21)19-26-14(3)12-31-19/h13-17,19,26H,4-12H2,1-3H3. The van der Waals surface area contributed by atoms with Gasteiger partial charge in [0.15, 0.2) is 0 Å². The molecule has 2 unspecified atom stereocenters. The lowest BCUT2D eigenvalue weighted by Gasteiger charge is -2.59. The molecule has 9 heteroatoms. The molecule has 0 radical (unpaired) electrons. The first-order valence-corrected chi connectivity index (χ1v) is 11.6. The Balaban J connectivity index is 1.47. The van der Waals surface area contributed by atoms with Gasteiger partial charge in [-0.3, -0.25) is 14.9 Å². The van der Waals surface area contributed by atoms with Crippen molar-refractivity contribution in [2.24, 2.45) is 17.8 Å². The molecule has 0 bridgehead atoms. The lowest BCUT2D eigenvalue weighted by atomic mass is 9.64. The van der Waals surface area contributed by atoms with E-state index in [2.05, 4.69) is 5.32 Å². The number of nitrogens with zero attached hydrogens (tertiary/aromatic N) is 2. The molecule has 31 heavy (non-hydrogen) atoms. The van der Waals surface area contributed by atoms with Gasteiger partial charge in [0.2, 0.25) is 11.8 Å². The van der Waals surface area contributed by atoms with E-state index in [1.54, 1.807) is 9.80 Å². The first-order valence-electron chi connectivity index (χ1n) is 11.6. The second-order valence-corrected chi connectivity index (χ2v) is 10.3. The Kier molecular flexibility index (Phi) is 6.05. The molecule has 1 N–H and O–H groups in total. The van der Waals surface area contributed by atoms with E-state index in [-0.39, 0.29) is 61.3 Å². The fourth-order valence-electron chi connectivity index (χ4n) is 5.86. The first kappa shape index (κ1) is 22.8. The normalized spacial score (nSPS) is 39.5. The van der Waals surface area contributed by atoms with Crippen molar-refractivity contribution in [1.82, 2.24) is 15.1 Å². The molecule has 2 saturated carbocycles. The van der Waals surface area contributed by atoms with Crippen LogP contribution in [0.1, 0.15) is 59.3 Å². The number of halogens is 3. The topological polar surface area (TPSA) is 61.9 Å². The molecule has 6 nitrogen and oxygen atoms in total. The van der Waals surface area contributed by atoms with Crippen molar-refractivity contribution in [3.8, 4) is 0 Å². The van der Waals surface area contributed by atoms with E-state index in [0.717, 1.165) is 0 Å². The third kappa shape index (κ3) is 4.19. The first-order chi connectivity index (χ1) is 14.5. The van der Waals surface area contributed by atoms with Crippen molar-refractivity contribution in [2.45, 2.75) is 89.3 Å². The maximum atomic E-state index is 13.5. The fourth-order valence-corrected chi connectivity index (χ4v) is 5.86. The number of carbonyl (C=O) groups excluding carboxylic acids is 2. The van der Waals surface area contributed by atoms with E-state index in [9.17, 15) is 22.8 Å². The third-order valence-electron chi connectivity index (χ3n) is 7.76. The van der Waals surface area contributed by atoms with Gasteiger partial charge in [-0.15, -0.1) is 0 Å². The zero-order valence-electron chi connectivity index (χ0n) is 18.6. The molecule has 2 aliphatic carbocycles. The molecule has 176 valence electrons. The summed E-state index contributed by atoms with van der Waals surface area (Å²) >= 11 is 0. The number of alkyl halides is 3. The minimum Gasteiger partial charge on any atom is -0.361 e. The third-order valence-corrected chi connectivity index (χ3v) is 7.76. The van der Waals surface area contributed by atoms with Gasteiger partial charge in [-0.1, -0.05) is 0 Å². The van der Waals surface area contributed by atoms with Crippen LogP contribution >= 0.6 is 0 Å². The second-order valence-electron chi connectivity index (χ2n) is 10.3. The van der Waals surface area contributed by atoms with Crippen LogP contribution in [-0.2, 0) is 14.3 Å². The molecule has 2 saturated heterocycles. The monoisotopic (exact) mass is 445 g/mol. The van der Waals surface area contributed by atoms with Gasteiger partial charge in [-0.2, -0.15) is 13.2 Å². The largest absolute Gasteiger partial charge is 0.391 e. The molecule has 0 aromatic rings. The summed E-state index contributed by atoms with van der Waals surface area (Å²) in [5.41, 5.74) is -0.873. The Morgan fingerprint density at radius 2 is 1.81 bits per heavy atom. The van der Waals surface area contributed by atoms with Crippen molar-refractivity contribution in [3.63, 3.8) is 0 Å². The number of nitrogens with one attached hydrogen (secondary N) is 1. The molecule has 4 rings (SSSR count). The van der Waals surface area contributed by atoms with Crippen LogP contribution in [0.25, 0.3) is 0 Å². The molecular formula is C22H34F3N3O3. The average Bonchev–Trinajstić information content (AvgIpc) is 3.08. The number of rotatable bonds is 4. The zero-order valence-corrected chi connectivity index (χ0v) is 18.6. The molecule has 0 aromatic heterocycles. The van der Waals surface area contributed by atoms with Crippen LogP contribution < -0.4 is 5.32 Å². The highest BCUT2D eigenvalue weighted by Gasteiger charge is 2.62. The summed E-state index contributed by atoms with van der Waals surface area (Å²) in [6.45, 7) is 6.93. The summed E-state index contributed by atoms with van der Waals surface area (Å²) in [5.74, 6) is -1.18. The van der Waals surface area contributed by atoms with E-state index in [0.29, 0.717) is 38.8 Å².